The SMILES string of the molecule is CC(CCCN)C(=O)Nc1cc(F)cc([N+](=O)[O-])c1. The van der Waals surface area contributed by atoms with Gasteiger partial charge in [0.1, 0.15) is 5.82 Å². The number of anilines is 1. The minimum Gasteiger partial charge on any atom is -0.330 e. The normalized spacial score (nSPS) is 11.9. The number of nitrogens with two attached hydrogens (primary N) is 1. The van der Waals surface area contributed by atoms with E-state index in [9.17, 15) is 19.3 Å². The summed E-state index contributed by atoms with van der Waals surface area (Å²) in [5.74, 6) is -1.36. The first kappa shape index (κ1) is 15.0. The van der Waals surface area contributed by atoms with Crippen LogP contribution in [0.4, 0.5) is 15.8 Å². The molecule has 0 aromatic heterocycles. The van der Waals surface area contributed by atoms with Crippen LogP contribution in [0.2, 0.25) is 0 Å². The van der Waals surface area contributed by atoms with E-state index in [1.165, 1.54) is 0 Å². The van der Waals surface area contributed by atoms with Crippen LogP contribution in [0.1, 0.15) is 19.8 Å². The number of carbonyl (C=O) groups excluding carboxylic acids is 1. The number of nitro benzene ring substituents is 1. The van der Waals surface area contributed by atoms with Gasteiger partial charge in [-0.25, -0.2) is 4.39 Å². The van der Waals surface area contributed by atoms with Gasteiger partial charge in [-0.2, -0.15) is 0 Å². The van der Waals surface area contributed by atoms with Gasteiger partial charge in [-0.1, -0.05) is 6.92 Å². The van der Waals surface area contributed by atoms with Crippen molar-refractivity contribution in [2.24, 2.45) is 11.7 Å². The Labute approximate surface area is 109 Å². The maximum absolute atomic E-state index is 13.2. The van der Waals surface area contributed by atoms with Crippen molar-refractivity contribution in [1.82, 2.24) is 0 Å². The fourth-order valence-electron chi connectivity index (χ4n) is 1.57. The zero-order valence-corrected chi connectivity index (χ0v) is 10.6. The van der Waals surface area contributed by atoms with Crippen molar-refractivity contribution in [3.63, 3.8) is 0 Å². The fourth-order valence-corrected chi connectivity index (χ4v) is 1.57. The monoisotopic (exact) mass is 269 g/mol. The van der Waals surface area contributed by atoms with Gasteiger partial charge in [-0.3, -0.25) is 14.9 Å². The van der Waals surface area contributed by atoms with E-state index in [0.717, 1.165) is 18.2 Å². The van der Waals surface area contributed by atoms with E-state index in [2.05, 4.69) is 5.32 Å². The zero-order valence-electron chi connectivity index (χ0n) is 10.6. The summed E-state index contributed by atoms with van der Waals surface area (Å²) in [4.78, 5) is 21.6. The highest BCUT2D eigenvalue weighted by Crippen LogP contribution is 2.21. The summed E-state index contributed by atoms with van der Waals surface area (Å²) in [6, 6.07) is 2.96. The second kappa shape index (κ2) is 6.79. The fraction of sp³-hybridized carbons (Fsp3) is 0.417. The van der Waals surface area contributed by atoms with Crippen LogP contribution >= 0.6 is 0 Å². The summed E-state index contributed by atoms with van der Waals surface area (Å²) >= 11 is 0. The lowest BCUT2D eigenvalue weighted by atomic mass is 10.0. The molecule has 0 saturated carbocycles. The molecule has 0 fully saturated rings. The van der Waals surface area contributed by atoms with Gasteiger partial charge in [-0.05, 0) is 25.5 Å². The molecule has 0 aliphatic rings. The number of nitro groups is 1. The molecule has 19 heavy (non-hydrogen) atoms. The number of nitrogens with zero attached hydrogens (tertiary/aromatic N) is 1. The van der Waals surface area contributed by atoms with E-state index in [0.29, 0.717) is 19.4 Å². The van der Waals surface area contributed by atoms with Crippen LogP contribution in [0.15, 0.2) is 18.2 Å². The molecule has 0 aliphatic heterocycles. The average molecular weight is 269 g/mol. The average Bonchev–Trinajstić information content (AvgIpc) is 2.34. The summed E-state index contributed by atoms with van der Waals surface area (Å²) in [6.07, 6.45) is 1.32. The molecule has 1 aromatic carbocycles. The molecule has 0 aliphatic carbocycles. The van der Waals surface area contributed by atoms with Gasteiger partial charge in [0.2, 0.25) is 5.91 Å². The van der Waals surface area contributed by atoms with E-state index in [1.54, 1.807) is 6.92 Å². The number of halogens is 1. The molecule has 0 bridgehead atoms. The van der Waals surface area contributed by atoms with Gasteiger partial charge in [0.25, 0.3) is 5.69 Å². The molecule has 7 heteroatoms. The predicted molar refractivity (Wildman–Crippen MR) is 69.1 cm³/mol. The number of hydrogen-bond acceptors (Lipinski definition) is 4. The maximum atomic E-state index is 13.2. The van der Waals surface area contributed by atoms with Crippen LogP contribution in [-0.4, -0.2) is 17.4 Å². The van der Waals surface area contributed by atoms with Crippen molar-refractivity contribution in [2.75, 3.05) is 11.9 Å². The second-order valence-corrected chi connectivity index (χ2v) is 4.28. The number of rotatable bonds is 6. The molecule has 0 radical (unpaired) electrons. The topological polar surface area (TPSA) is 98.3 Å². The molecule has 1 atom stereocenters. The van der Waals surface area contributed by atoms with Crippen molar-refractivity contribution < 1.29 is 14.1 Å². The van der Waals surface area contributed by atoms with Gasteiger partial charge < -0.3 is 11.1 Å². The second-order valence-electron chi connectivity index (χ2n) is 4.28. The summed E-state index contributed by atoms with van der Waals surface area (Å²) in [7, 11) is 0. The van der Waals surface area contributed by atoms with Crippen molar-refractivity contribution in [3.05, 3.63) is 34.1 Å². The molecule has 1 aromatic rings. The highest BCUT2D eigenvalue weighted by Gasteiger charge is 2.15. The molecule has 104 valence electrons. The first-order valence-electron chi connectivity index (χ1n) is 5.90. The van der Waals surface area contributed by atoms with Crippen LogP contribution in [0.3, 0.4) is 0 Å². The van der Waals surface area contributed by atoms with E-state index >= 15 is 0 Å². The number of amides is 1. The third kappa shape index (κ3) is 4.63. The summed E-state index contributed by atoms with van der Waals surface area (Å²) < 4.78 is 13.2. The quantitative estimate of drug-likeness (QED) is 0.610. The van der Waals surface area contributed by atoms with Crippen molar-refractivity contribution in [2.45, 2.75) is 19.8 Å². The molecular formula is C12H16FN3O3. The van der Waals surface area contributed by atoms with Gasteiger partial charge in [0, 0.05) is 12.0 Å². The molecule has 1 rings (SSSR count). The van der Waals surface area contributed by atoms with Gasteiger partial charge in [-0.15, -0.1) is 0 Å². The Morgan fingerprint density at radius 3 is 2.79 bits per heavy atom. The lowest BCUT2D eigenvalue weighted by molar-refractivity contribution is -0.385. The number of non-ortho nitro benzene ring substituents is 1. The van der Waals surface area contributed by atoms with Crippen LogP contribution in [-0.2, 0) is 4.79 Å². The summed E-state index contributed by atoms with van der Waals surface area (Å²) in [5, 5.41) is 13.0. The van der Waals surface area contributed by atoms with Crippen LogP contribution in [0, 0.1) is 21.8 Å². The van der Waals surface area contributed by atoms with Crippen LogP contribution in [0.5, 0.6) is 0 Å². The Balaban J connectivity index is 2.76. The van der Waals surface area contributed by atoms with E-state index in [1.807, 2.05) is 0 Å². The van der Waals surface area contributed by atoms with Crippen LogP contribution in [0.25, 0.3) is 0 Å². The Morgan fingerprint density at radius 1 is 1.53 bits per heavy atom. The standard InChI is InChI=1S/C12H16FN3O3/c1-8(3-2-4-14)12(17)15-10-5-9(13)6-11(7-10)16(18)19/h5-8H,2-4,14H2,1H3,(H,15,17). The van der Waals surface area contributed by atoms with Crippen molar-refractivity contribution in [1.29, 1.82) is 0 Å². The van der Waals surface area contributed by atoms with Gasteiger partial charge in [0.05, 0.1) is 16.7 Å². The minimum atomic E-state index is -0.765. The molecule has 1 amide bonds. The lowest BCUT2D eigenvalue weighted by Crippen LogP contribution is -2.21. The highest BCUT2D eigenvalue weighted by molar-refractivity contribution is 5.92. The summed E-state index contributed by atoms with van der Waals surface area (Å²) in [6.45, 7) is 2.21. The van der Waals surface area contributed by atoms with Crippen molar-refractivity contribution >= 4 is 17.3 Å². The smallest absolute Gasteiger partial charge is 0.274 e. The Hall–Kier alpha value is -2.02. The molecule has 0 saturated heterocycles. The molecule has 1 unspecified atom stereocenters. The first-order chi connectivity index (χ1) is 8.93. The number of nitrogens with one attached hydrogen (secondary N) is 1. The summed E-state index contributed by atoms with van der Waals surface area (Å²) in [5.41, 5.74) is 5.03. The van der Waals surface area contributed by atoms with Crippen molar-refractivity contribution in [3.8, 4) is 0 Å². The molecule has 0 heterocycles. The maximum Gasteiger partial charge on any atom is 0.274 e. The number of carbonyl (C=O) groups is 1. The highest BCUT2D eigenvalue weighted by atomic mass is 19.1. The first-order valence-corrected chi connectivity index (χ1v) is 5.90. The number of hydrogen-bond donors (Lipinski definition) is 2. The Kier molecular flexibility index (Phi) is 5.37. The van der Waals surface area contributed by atoms with E-state index < -0.39 is 16.4 Å². The molecule has 3 N–H and O–H groups in total. The molecule has 0 spiro atoms. The third-order valence-electron chi connectivity index (χ3n) is 2.65. The molecule has 6 nitrogen and oxygen atoms in total. The third-order valence-corrected chi connectivity index (χ3v) is 2.65. The number of benzene rings is 1. The Bertz CT molecular complexity index is 479. The zero-order chi connectivity index (χ0) is 14.4. The Morgan fingerprint density at radius 2 is 2.21 bits per heavy atom. The minimum absolute atomic E-state index is 0.0799. The van der Waals surface area contributed by atoms with Gasteiger partial charge in [0.15, 0.2) is 0 Å². The molecular weight excluding hydrogens is 253 g/mol. The van der Waals surface area contributed by atoms with E-state index in [4.69, 9.17) is 5.73 Å². The van der Waals surface area contributed by atoms with Gasteiger partial charge >= 0.3 is 0 Å². The largest absolute Gasteiger partial charge is 0.330 e. The van der Waals surface area contributed by atoms with Crippen LogP contribution < -0.4 is 11.1 Å². The van der Waals surface area contributed by atoms with E-state index in [-0.39, 0.29) is 17.5 Å². The lowest BCUT2D eigenvalue weighted by Gasteiger charge is -2.11. The predicted octanol–water partition coefficient (Wildman–Crippen LogP) is 2.05.